The normalized spacial score (nSPS) is 17.0. The highest BCUT2D eigenvalue weighted by molar-refractivity contribution is 9.10. The molecule has 0 spiro atoms. The number of carbonyl (C=O) groups excluding carboxylic acids is 1. The van der Waals surface area contributed by atoms with Crippen LogP contribution in [0.4, 0.5) is 5.95 Å². The SMILES string of the molecule is Cc1cccc(C)c1-c1cc2nc(n1)NS(=O)(=O)c1cccc(c1)C(=O)N(Cc1coc(Br)n1)[C@H](CC(C)(C)C)CO2. The maximum atomic E-state index is 14.1. The molecule has 42 heavy (non-hydrogen) atoms. The Bertz CT molecular complexity index is 1730. The maximum absolute atomic E-state index is 14.1. The number of hydrogen-bond acceptors (Lipinski definition) is 8. The molecule has 0 fully saturated rings. The molecule has 0 saturated carbocycles. The van der Waals surface area contributed by atoms with Crippen LogP contribution in [0.2, 0.25) is 0 Å². The second-order valence-electron chi connectivity index (χ2n) is 11.6. The van der Waals surface area contributed by atoms with E-state index in [1.807, 2.05) is 32.0 Å². The molecule has 10 nitrogen and oxygen atoms in total. The van der Waals surface area contributed by atoms with E-state index in [2.05, 4.69) is 56.4 Å². The summed E-state index contributed by atoms with van der Waals surface area (Å²) in [5.41, 5.74) is 3.88. The van der Waals surface area contributed by atoms with Crippen molar-refractivity contribution in [3.05, 3.63) is 82.0 Å². The van der Waals surface area contributed by atoms with Gasteiger partial charge in [0, 0.05) is 33.1 Å². The summed E-state index contributed by atoms with van der Waals surface area (Å²) in [4.78, 5) is 29.3. The molecule has 0 unspecified atom stereocenters. The van der Waals surface area contributed by atoms with Gasteiger partial charge in [-0.15, -0.1) is 0 Å². The smallest absolute Gasteiger partial charge is 0.264 e. The van der Waals surface area contributed by atoms with Gasteiger partial charge in [-0.3, -0.25) is 4.79 Å². The average molecular weight is 655 g/mol. The van der Waals surface area contributed by atoms with Gasteiger partial charge in [-0.1, -0.05) is 45.0 Å². The van der Waals surface area contributed by atoms with Crippen molar-refractivity contribution >= 4 is 37.8 Å². The highest BCUT2D eigenvalue weighted by atomic mass is 79.9. The average Bonchev–Trinajstić information content (AvgIpc) is 3.32. The first-order valence-corrected chi connectivity index (χ1v) is 15.7. The Balaban J connectivity index is 1.68. The molecule has 2 aromatic carbocycles. The molecule has 4 bridgehead atoms. The van der Waals surface area contributed by atoms with Gasteiger partial charge in [0.05, 0.1) is 28.9 Å². The third-order valence-corrected chi connectivity index (χ3v) is 8.58. The lowest BCUT2D eigenvalue weighted by molar-refractivity contribution is 0.0509. The lowest BCUT2D eigenvalue weighted by Gasteiger charge is -2.35. The van der Waals surface area contributed by atoms with Gasteiger partial charge in [0.2, 0.25) is 11.8 Å². The van der Waals surface area contributed by atoms with E-state index in [-0.39, 0.29) is 46.8 Å². The van der Waals surface area contributed by atoms with Gasteiger partial charge in [-0.05, 0) is 55.0 Å². The molecule has 3 heterocycles. The van der Waals surface area contributed by atoms with Crippen LogP contribution >= 0.6 is 15.9 Å². The molecule has 4 aromatic rings. The van der Waals surface area contributed by atoms with E-state index >= 15 is 0 Å². The van der Waals surface area contributed by atoms with Crippen LogP contribution in [0.25, 0.3) is 11.3 Å². The second-order valence-corrected chi connectivity index (χ2v) is 13.9. The summed E-state index contributed by atoms with van der Waals surface area (Å²) >= 11 is 3.23. The van der Waals surface area contributed by atoms with Gasteiger partial charge in [-0.25, -0.2) is 23.1 Å². The number of hydrogen-bond donors (Lipinski definition) is 1. The van der Waals surface area contributed by atoms with Gasteiger partial charge in [0.1, 0.15) is 12.9 Å². The molecule has 12 heteroatoms. The summed E-state index contributed by atoms with van der Waals surface area (Å²) in [5, 5.41) is 0. The van der Waals surface area contributed by atoms with E-state index in [0.29, 0.717) is 22.6 Å². The maximum Gasteiger partial charge on any atom is 0.264 e. The number of rotatable bonds is 4. The number of anilines is 1. The van der Waals surface area contributed by atoms with Crippen molar-refractivity contribution in [3.8, 4) is 17.1 Å². The van der Waals surface area contributed by atoms with Crippen molar-refractivity contribution < 1.29 is 22.4 Å². The van der Waals surface area contributed by atoms with Crippen LogP contribution in [0.3, 0.4) is 0 Å². The summed E-state index contributed by atoms with van der Waals surface area (Å²) in [5.74, 6) is -0.308. The molecule has 5 rings (SSSR count). The van der Waals surface area contributed by atoms with E-state index < -0.39 is 16.1 Å². The van der Waals surface area contributed by atoms with Crippen molar-refractivity contribution in [1.82, 2.24) is 19.9 Å². The van der Waals surface area contributed by atoms with Crippen LogP contribution in [0.5, 0.6) is 5.88 Å². The Morgan fingerprint density at radius 3 is 2.43 bits per heavy atom. The Morgan fingerprint density at radius 2 is 1.76 bits per heavy atom. The molecule has 1 amide bonds. The van der Waals surface area contributed by atoms with Crippen molar-refractivity contribution in [2.24, 2.45) is 5.41 Å². The third kappa shape index (κ3) is 6.65. The quantitative estimate of drug-likeness (QED) is 0.278. The number of halogens is 1. The van der Waals surface area contributed by atoms with Gasteiger partial charge < -0.3 is 14.1 Å². The largest absolute Gasteiger partial charge is 0.475 e. The number of nitrogens with zero attached hydrogens (tertiary/aromatic N) is 4. The molecular weight excluding hydrogens is 622 g/mol. The zero-order valence-electron chi connectivity index (χ0n) is 24.0. The predicted molar refractivity (Wildman–Crippen MR) is 162 cm³/mol. The van der Waals surface area contributed by atoms with E-state index in [4.69, 9.17) is 9.15 Å². The number of nitrogens with one attached hydrogen (secondary N) is 1. The minimum Gasteiger partial charge on any atom is -0.475 e. The first-order chi connectivity index (χ1) is 19.8. The number of sulfonamides is 1. The Kier molecular flexibility index (Phi) is 8.13. The van der Waals surface area contributed by atoms with Gasteiger partial charge >= 0.3 is 0 Å². The van der Waals surface area contributed by atoms with Crippen LogP contribution in [0.15, 0.2) is 68.9 Å². The number of aryl methyl sites for hydroxylation is 2. The standard InChI is InChI=1S/C30H32BrN5O5S/c1-18-8-6-9-19(2)26(18)24-13-25-34-29(33-24)35-42(38,39)23-11-7-10-20(12-23)27(37)36(15-21-16-41-28(31)32-21)22(17-40-25)14-30(3,4)5/h6-13,16,22H,14-15,17H2,1-5H3,(H,33,34,35)/t22-/m1/s1. The first kappa shape index (κ1) is 29.7. The Morgan fingerprint density at radius 1 is 1.05 bits per heavy atom. The number of aromatic nitrogens is 3. The van der Waals surface area contributed by atoms with Crippen LogP contribution in [-0.4, -0.2) is 46.8 Å². The van der Waals surface area contributed by atoms with E-state index in [1.165, 1.54) is 18.4 Å². The van der Waals surface area contributed by atoms with Crippen LogP contribution in [-0.2, 0) is 16.6 Å². The number of carbonyl (C=O) groups is 1. The lowest BCUT2D eigenvalue weighted by atomic mass is 9.87. The minimum atomic E-state index is -4.15. The van der Waals surface area contributed by atoms with E-state index in [0.717, 1.165) is 16.7 Å². The van der Waals surface area contributed by atoms with E-state index in [1.54, 1.807) is 23.1 Å². The Hall–Kier alpha value is -3.77. The van der Waals surface area contributed by atoms with Crippen LogP contribution in [0.1, 0.15) is 54.4 Å². The second kappa shape index (κ2) is 11.5. The number of amides is 1. The zero-order valence-corrected chi connectivity index (χ0v) is 26.4. The van der Waals surface area contributed by atoms with Crippen molar-refractivity contribution in [2.45, 2.75) is 58.5 Å². The van der Waals surface area contributed by atoms with Gasteiger partial charge in [0.25, 0.3) is 20.7 Å². The molecule has 1 aliphatic heterocycles. The molecule has 1 N–H and O–H groups in total. The minimum absolute atomic E-state index is 0.0901. The monoisotopic (exact) mass is 653 g/mol. The molecule has 1 atom stereocenters. The summed E-state index contributed by atoms with van der Waals surface area (Å²) in [6.45, 7) is 10.4. The highest BCUT2D eigenvalue weighted by Gasteiger charge is 2.32. The number of benzene rings is 2. The van der Waals surface area contributed by atoms with Gasteiger partial charge in [0.15, 0.2) is 0 Å². The molecule has 1 aliphatic rings. The molecule has 2 aromatic heterocycles. The first-order valence-electron chi connectivity index (χ1n) is 13.4. The zero-order chi connectivity index (χ0) is 30.2. The summed E-state index contributed by atoms with van der Waals surface area (Å²) < 4.78 is 41.1. The van der Waals surface area contributed by atoms with Crippen molar-refractivity contribution in [1.29, 1.82) is 0 Å². The summed E-state index contributed by atoms with van der Waals surface area (Å²) in [7, 11) is -4.15. The summed E-state index contributed by atoms with van der Waals surface area (Å²) in [6.07, 6.45) is 2.06. The van der Waals surface area contributed by atoms with Crippen LogP contribution < -0.4 is 9.46 Å². The molecule has 220 valence electrons. The predicted octanol–water partition coefficient (Wildman–Crippen LogP) is 6.15. The molecule has 0 saturated heterocycles. The van der Waals surface area contributed by atoms with Gasteiger partial charge in [-0.2, -0.15) is 4.98 Å². The molecule has 0 aliphatic carbocycles. The number of fused-ring (bicyclic) bond motifs is 4. The fourth-order valence-corrected chi connectivity index (χ4v) is 6.39. The third-order valence-electron chi connectivity index (χ3n) is 6.89. The molecule has 0 radical (unpaired) electrons. The fourth-order valence-electron chi connectivity index (χ4n) is 5.08. The topological polar surface area (TPSA) is 128 Å². The summed E-state index contributed by atoms with van der Waals surface area (Å²) in [6, 6.07) is 13.1. The molecular formula is C30H32BrN5O5S. The van der Waals surface area contributed by atoms with E-state index in [9.17, 15) is 13.2 Å². The number of ether oxygens (including phenoxy) is 1. The van der Waals surface area contributed by atoms with Crippen molar-refractivity contribution in [2.75, 3.05) is 11.3 Å². The lowest BCUT2D eigenvalue weighted by Crippen LogP contribution is -2.45. The highest BCUT2D eigenvalue weighted by Crippen LogP contribution is 2.31. The van der Waals surface area contributed by atoms with Crippen LogP contribution in [0, 0.1) is 19.3 Å². The fraction of sp³-hybridized carbons (Fsp3) is 0.333. The Labute approximate surface area is 253 Å². The number of oxazole rings is 1. The van der Waals surface area contributed by atoms with Crippen molar-refractivity contribution in [3.63, 3.8) is 0 Å².